The smallest absolute Gasteiger partial charge is 0.418 e. The zero-order valence-electron chi connectivity index (χ0n) is 12.2. The third kappa shape index (κ3) is 2.87. The molecule has 0 aliphatic carbocycles. The number of pyridine rings is 1. The molecule has 0 aliphatic rings. The average molecular weight is 337 g/mol. The van der Waals surface area contributed by atoms with Crippen LogP contribution >= 0.6 is 0 Å². The molecule has 9 heteroatoms. The van der Waals surface area contributed by atoms with E-state index in [9.17, 15) is 18.3 Å². The summed E-state index contributed by atoms with van der Waals surface area (Å²) in [7, 11) is 1.43. The van der Waals surface area contributed by atoms with E-state index in [0.29, 0.717) is 5.75 Å². The second-order valence-electron chi connectivity index (χ2n) is 4.70. The van der Waals surface area contributed by atoms with Crippen LogP contribution < -0.4 is 4.74 Å². The predicted molar refractivity (Wildman–Crippen MR) is 76.2 cm³/mol. The summed E-state index contributed by atoms with van der Waals surface area (Å²) >= 11 is 0. The van der Waals surface area contributed by atoms with E-state index in [1.807, 2.05) is 0 Å². The minimum absolute atomic E-state index is 0.135. The number of benzene rings is 1. The molecule has 0 aliphatic heterocycles. The van der Waals surface area contributed by atoms with Gasteiger partial charge in [0.1, 0.15) is 17.2 Å². The predicted octanol–water partition coefficient (Wildman–Crippen LogP) is 3.53. The standard InChI is InChI=1S/C15H10F3N3O3/c1-23-8-4-5-9(11(22)7-8)14-20-13(21-24-14)12-10(15(16,17)18)3-2-6-19-12/h2-7,22H,1H3. The number of nitrogens with zero attached hydrogens (tertiary/aromatic N) is 3. The van der Waals surface area contributed by atoms with Crippen molar-refractivity contribution in [1.82, 2.24) is 15.1 Å². The van der Waals surface area contributed by atoms with Crippen molar-refractivity contribution in [3.05, 3.63) is 42.1 Å². The molecule has 0 fully saturated rings. The number of alkyl halides is 3. The molecule has 0 saturated carbocycles. The van der Waals surface area contributed by atoms with Crippen molar-refractivity contribution in [2.24, 2.45) is 0 Å². The normalized spacial score (nSPS) is 11.5. The molecule has 0 atom stereocenters. The van der Waals surface area contributed by atoms with Crippen LogP contribution in [0.4, 0.5) is 13.2 Å². The van der Waals surface area contributed by atoms with Crippen molar-refractivity contribution in [1.29, 1.82) is 0 Å². The summed E-state index contributed by atoms with van der Waals surface area (Å²) in [4.78, 5) is 7.58. The number of hydrogen-bond acceptors (Lipinski definition) is 6. The molecule has 124 valence electrons. The zero-order chi connectivity index (χ0) is 17.3. The Balaban J connectivity index is 2.04. The van der Waals surface area contributed by atoms with Gasteiger partial charge in [0.15, 0.2) is 0 Å². The molecule has 1 N–H and O–H groups in total. The van der Waals surface area contributed by atoms with E-state index in [-0.39, 0.29) is 23.0 Å². The van der Waals surface area contributed by atoms with E-state index < -0.39 is 17.4 Å². The van der Waals surface area contributed by atoms with Gasteiger partial charge >= 0.3 is 6.18 Å². The number of halogens is 3. The SMILES string of the molecule is COc1ccc(-c2nc(-c3ncccc3C(F)(F)F)no2)c(O)c1. The van der Waals surface area contributed by atoms with E-state index in [1.54, 1.807) is 6.07 Å². The first-order valence-electron chi connectivity index (χ1n) is 6.64. The van der Waals surface area contributed by atoms with Crippen LogP contribution in [-0.2, 0) is 6.18 Å². The molecule has 3 aromatic rings. The summed E-state index contributed by atoms with van der Waals surface area (Å²) in [5.41, 5.74) is -1.26. The van der Waals surface area contributed by atoms with Crippen LogP contribution in [0.1, 0.15) is 5.56 Å². The van der Waals surface area contributed by atoms with Crippen molar-refractivity contribution in [2.45, 2.75) is 6.18 Å². The highest BCUT2D eigenvalue weighted by molar-refractivity contribution is 5.66. The third-order valence-electron chi connectivity index (χ3n) is 3.19. The summed E-state index contributed by atoms with van der Waals surface area (Å²) in [5.74, 6) is -0.265. The van der Waals surface area contributed by atoms with Crippen LogP contribution in [0.5, 0.6) is 11.5 Å². The maximum absolute atomic E-state index is 13.0. The van der Waals surface area contributed by atoms with Gasteiger partial charge in [0, 0.05) is 12.3 Å². The van der Waals surface area contributed by atoms with Crippen molar-refractivity contribution < 1.29 is 27.5 Å². The Morgan fingerprint density at radius 2 is 2.00 bits per heavy atom. The van der Waals surface area contributed by atoms with E-state index >= 15 is 0 Å². The first kappa shape index (κ1) is 15.8. The molecule has 0 amide bonds. The number of ether oxygens (including phenoxy) is 1. The summed E-state index contributed by atoms with van der Waals surface area (Å²) in [6.45, 7) is 0. The highest BCUT2D eigenvalue weighted by Gasteiger charge is 2.35. The largest absolute Gasteiger partial charge is 0.507 e. The summed E-state index contributed by atoms with van der Waals surface area (Å²) < 4.78 is 49.0. The Labute approximate surface area is 133 Å². The van der Waals surface area contributed by atoms with Gasteiger partial charge in [-0.25, -0.2) is 0 Å². The van der Waals surface area contributed by atoms with Gasteiger partial charge in [0.05, 0.1) is 18.2 Å². The number of phenols is 1. The topological polar surface area (TPSA) is 81.3 Å². The monoisotopic (exact) mass is 337 g/mol. The van der Waals surface area contributed by atoms with Crippen LogP contribution in [-0.4, -0.2) is 27.3 Å². The van der Waals surface area contributed by atoms with Gasteiger partial charge < -0.3 is 14.4 Å². The lowest BCUT2D eigenvalue weighted by molar-refractivity contribution is -0.137. The highest BCUT2D eigenvalue weighted by Crippen LogP contribution is 2.36. The molecule has 24 heavy (non-hydrogen) atoms. The quantitative estimate of drug-likeness (QED) is 0.787. The molecule has 1 aromatic carbocycles. The van der Waals surface area contributed by atoms with Crippen LogP contribution in [0.2, 0.25) is 0 Å². The number of aromatic nitrogens is 3. The molecule has 0 saturated heterocycles. The van der Waals surface area contributed by atoms with Gasteiger partial charge in [-0.1, -0.05) is 5.16 Å². The zero-order valence-corrected chi connectivity index (χ0v) is 12.2. The van der Waals surface area contributed by atoms with Crippen molar-refractivity contribution in [2.75, 3.05) is 7.11 Å². The molecule has 6 nitrogen and oxygen atoms in total. The fourth-order valence-corrected chi connectivity index (χ4v) is 2.06. The minimum atomic E-state index is -4.60. The van der Waals surface area contributed by atoms with Crippen molar-refractivity contribution >= 4 is 0 Å². The second kappa shape index (κ2) is 5.84. The van der Waals surface area contributed by atoms with E-state index in [1.165, 1.54) is 31.5 Å². The first-order valence-corrected chi connectivity index (χ1v) is 6.64. The van der Waals surface area contributed by atoms with E-state index in [4.69, 9.17) is 9.26 Å². The minimum Gasteiger partial charge on any atom is -0.507 e. The second-order valence-corrected chi connectivity index (χ2v) is 4.70. The molecule has 2 aromatic heterocycles. The number of methoxy groups -OCH3 is 1. The molecular weight excluding hydrogens is 327 g/mol. The van der Waals surface area contributed by atoms with Crippen LogP contribution in [0, 0.1) is 0 Å². The average Bonchev–Trinajstić information content (AvgIpc) is 3.03. The number of hydrogen-bond donors (Lipinski definition) is 1. The number of rotatable bonds is 3. The van der Waals surface area contributed by atoms with Gasteiger partial charge in [0.25, 0.3) is 5.89 Å². The molecule has 0 spiro atoms. The van der Waals surface area contributed by atoms with Crippen molar-refractivity contribution in [3.63, 3.8) is 0 Å². The van der Waals surface area contributed by atoms with Gasteiger partial charge in [-0.2, -0.15) is 18.2 Å². The van der Waals surface area contributed by atoms with Crippen molar-refractivity contribution in [3.8, 4) is 34.5 Å². The maximum atomic E-state index is 13.0. The Morgan fingerprint density at radius 3 is 2.67 bits per heavy atom. The van der Waals surface area contributed by atoms with Gasteiger partial charge in [-0.05, 0) is 24.3 Å². The van der Waals surface area contributed by atoms with E-state index in [0.717, 1.165) is 6.07 Å². The lowest BCUT2D eigenvalue weighted by Gasteiger charge is -2.08. The Bertz CT molecular complexity index is 878. The van der Waals surface area contributed by atoms with E-state index in [2.05, 4.69) is 15.1 Å². The molecule has 0 radical (unpaired) electrons. The highest BCUT2D eigenvalue weighted by atomic mass is 19.4. The fourth-order valence-electron chi connectivity index (χ4n) is 2.06. The molecule has 0 bridgehead atoms. The summed E-state index contributed by atoms with van der Waals surface area (Å²) in [6, 6.07) is 6.36. The third-order valence-corrected chi connectivity index (χ3v) is 3.19. The van der Waals surface area contributed by atoms with Gasteiger partial charge in [-0.3, -0.25) is 4.98 Å². The summed E-state index contributed by atoms with van der Waals surface area (Å²) in [5, 5.41) is 13.5. The van der Waals surface area contributed by atoms with Gasteiger partial charge in [-0.15, -0.1) is 0 Å². The molecule has 2 heterocycles. The lowest BCUT2D eigenvalue weighted by atomic mass is 10.1. The maximum Gasteiger partial charge on any atom is 0.418 e. The number of phenolic OH excluding ortho intramolecular Hbond substituents is 1. The first-order chi connectivity index (χ1) is 11.4. The molecule has 0 unspecified atom stereocenters. The Kier molecular flexibility index (Phi) is 3.84. The molecular formula is C15H10F3N3O3. The van der Waals surface area contributed by atoms with Gasteiger partial charge in [0.2, 0.25) is 5.82 Å². The Hall–Kier alpha value is -3.10. The Morgan fingerprint density at radius 1 is 1.21 bits per heavy atom. The van der Waals surface area contributed by atoms with Crippen LogP contribution in [0.25, 0.3) is 23.0 Å². The molecule has 3 rings (SSSR count). The lowest BCUT2D eigenvalue weighted by Crippen LogP contribution is -2.08. The fraction of sp³-hybridized carbons (Fsp3) is 0.133. The van der Waals surface area contributed by atoms with Crippen LogP contribution in [0.15, 0.2) is 41.1 Å². The number of aromatic hydroxyl groups is 1. The van der Waals surface area contributed by atoms with Crippen LogP contribution in [0.3, 0.4) is 0 Å². The summed E-state index contributed by atoms with van der Waals surface area (Å²) in [6.07, 6.45) is -3.40.